The molecule has 1 saturated heterocycles. The van der Waals surface area contributed by atoms with E-state index in [2.05, 4.69) is 15.3 Å². The molecule has 0 radical (unpaired) electrons. The minimum atomic E-state index is -3.20. The van der Waals surface area contributed by atoms with Gasteiger partial charge in [-0.05, 0) is 25.0 Å². The average molecular weight is 424 g/mol. The molecule has 1 aliphatic rings. The Morgan fingerprint density at radius 3 is 2.48 bits per heavy atom. The molecule has 8 nitrogen and oxygen atoms in total. The number of piperidine rings is 1. The minimum absolute atomic E-state index is 0. The van der Waals surface area contributed by atoms with Crippen LogP contribution in [0.25, 0.3) is 11.3 Å². The largest absolute Gasteiger partial charge is 0.324 e. The van der Waals surface area contributed by atoms with Crippen LogP contribution in [0.3, 0.4) is 0 Å². The first-order valence-corrected chi connectivity index (χ1v) is 10.7. The number of amides is 2. The summed E-state index contributed by atoms with van der Waals surface area (Å²) in [5, 5.41) is 2.68. The van der Waals surface area contributed by atoms with E-state index in [-0.39, 0.29) is 31.1 Å². The summed E-state index contributed by atoms with van der Waals surface area (Å²) in [5.41, 5.74) is 1.10. The van der Waals surface area contributed by atoms with E-state index < -0.39 is 10.0 Å². The molecule has 1 aromatic heterocycles. The van der Waals surface area contributed by atoms with E-state index in [9.17, 15) is 17.6 Å². The Morgan fingerprint density at radius 2 is 1.93 bits per heavy atom. The SMILES string of the molecule is C.CN(C(=O)Nc1cnc(-c2cccc(F)c2)cn1)C1CCN(S(C)(=O)=O)CC1. The monoisotopic (exact) mass is 423 g/mol. The highest BCUT2D eigenvalue weighted by Crippen LogP contribution is 2.20. The standard InChI is InChI=1S/C18H22FN5O3S.CH4/c1-23(15-6-8-24(9-7-15)28(2,26)27)18(25)22-17-12-20-16(11-21-17)13-4-3-5-14(19)10-13;/h3-5,10-12,15H,6-9H2,1-2H3,(H,21,22,25);1H4. The van der Waals surface area contributed by atoms with Gasteiger partial charge in [-0.15, -0.1) is 0 Å². The van der Waals surface area contributed by atoms with Gasteiger partial charge < -0.3 is 4.90 Å². The fraction of sp³-hybridized carbons (Fsp3) is 0.421. The van der Waals surface area contributed by atoms with Crippen molar-refractivity contribution in [2.45, 2.75) is 26.3 Å². The topological polar surface area (TPSA) is 95.5 Å². The maximum Gasteiger partial charge on any atom is 0.323 e. The average Bonchev–Trinajstić information content (AvgIpc) is 2.67. The first-order valence-electron chi connectivity index (χ1n) is 8.81. The Bertz CT molecular complexity index is 945. The Morgan fingerprint density at radius 1 is 1.24 bits per heavy atom. The molecule has 2 aromatic rings. The van der Waals surface area contributed by atoms with Gasteiger partial charge in [-0.1, -0.05) is 19.6 Å². The van der Waals surface area contributed by atoms with E-state index in [1.165, 1.54) is 35.1 Å². The van der Waals surface area contributed by atoms with Crippen molar-refractivity contribution < 1.29 is 17.6 Å². The first kappa shape index (κ1) is 22.7. The molecule has 2 amide bonds. The molecule has 158 valence electrons. The van der Waals surface area contributed by atoms with Crippen LogP contribution in [-0.2, 0) is 10.0 Å². The molecule has 1 fully saturated rings. The van der Waals surface area contributed by atoms with Crippen molar-refractivity contribution in [3.63, 3.8) is 0 Å². The Labute approximate surface area is 170 Å². The second-order valence-electron chi connectivity index (χ2n) is 6.73. The van der Waals surface area contributed by atoms with E-state index in [1.54, 1.807) is 24.1 Å². The number of nitrogens with zero attached hydrogens (tertiary/aromatic N) is 4. The van der Waals surface area contributed by atoms with Gasteiger partial charge in [0.1, 0.15) is 5.82 Å². The summed E-state index contributed by atoms with van der Waals surface area (Å²) in [6.07, 6.45) is 5.21. The van der Waals surface area contributed by atoms with Crippen LogP contribution in [-0.4, -0.2) is 66.1 Å². The quantitative estimate of drug-likeness (QED) is 0.816. The first-order chi connectivity index (χ1) is 13.2. The molecule has 3 rings (SSSR count). The number of aromatic nitrogens is 2. The van der Waals surface area contributed by atoms with Gasteiger partial charge in [0.05, 0.1) is 24.3 Å². The molecule has 0 bridgehead atoms. The summed E-state index contributed by atoms with van der Waals surface area (Å²) in [6, 6.07) is 5.62. The van der Waals surface area contributed by atoms with Crippen LogP contribution < -0.4 is 5.32 Å². The fourth-order valence-corrected chi connectivity index (χ4v) is 3.99. The van der Waals surface area contributed by atoms with Crippen molar-refractivity contribution in [3.8, 4) is 11.3 Å². The lowest BCUT2D eigenvalue weighted by atomic mass is 10.1. The number of benzene rings is 1. The molecular weight excluding hydrogens is 397 g/mol. The van der Waals surface area contributed by atoms with E-state index in [4.69, 9.17) is 0 Å². The second-order valence-corrected chi connectivity index (χ2v) is 8.71. The van der Waals surface area contributed by atoms with Crippen LogP contribution in [0.1, 0.15) is 20.3 Å². The predicted molar refractivity (Wildman–Crippen MR) is 110 cm³/mol. The van der Waals surface area contributed by atoms with E-state index in [0.29, 0.717) is 37.2 Å². The Kier molecular flexibility index (Phi) is 7.26. The Hall–Kier alpha value is -2.59. The third-order valence-corrected chi connectivity index (χ3v) is 6.07. The third kappa shape index (κ3) is 5.70. The van der Waals surface area contributed by atoms with Gasteiger partial charge in [0.2, 0.25) is 10.0 Å². The van der Waals surface area contributed by atoms with Gasteiger partial charge in [0.15, 0.2) is 5.82 Å². The zero-order valence-electron chi connectivity index (χ0n) is 15.7. The molecule has 1 aromatic carbocycles. The van der Waals surface area contributed by atoms with Crippen molar-refractivity contribution in [2.24, 2.45) is 0 Å². The summed E-state index contributed by atoms with van der Waals surface area (Å²) in [6.45, 7) is 0.784. The van der Waals surface area contributed by atoms with Crippen molar-refractivity contribution in [2.75, 3.05) is 31.7 Å². The summed E-state index contributed by atoms with van der Waals surface area (Å²) < 4.78 is 37.9. The number of halogens is 1. The van der Waals surface area contributed by atoms with E-state index in [1.807, 2.05) is 0 Å². The molecule has 0 aliphatic carbocycles. The van der Waals surface area contributed by atoms with E-state index >= 15 is 0 Å². The Balaban J connectivity index is 0.00000300. The second kappa shape index (κ2) is 9.27. The third-order valence-electron chi connectivity index (χ3n) is 4.77. The molecule has 0 saturated carbocycles. The van der Waals surface area contributed by atoms with Gasteiger partial charge in [-0.2, -0.15) is 0 Å². The van der Waals surface area contributed by atoms with Crippen LogP contribution in [0.2, 0.25) is 0 Å². The molecule has 2 heterocycles. The minimum Gasteiger partial charge on any atom is -0.324 e. The zero-order valence-corrected chi connectivity index (χ0v) is 16.5. The van der Waals surface area contributed by atoms with Crippen molar-refractivity contribution in [1.29, 1.82) is 0 Å². The van der Waals surface area contributed by atoms with Crippen LogP contribution in [0.4, 0.5) is 15.0 Å². The number of sulfonamides is 1. The highest BCUT2D eigenvalue weighted by Gasteiger charge is 2.29. The van der Waals surface area contributed by atoms with Gasteiger partial charge in [-0.3, -0.25) is 10.3 Å². The summed E-state index contributed by atoms with van der Waals surface area (Å²) in [4.78, 5) is 22.4. The van der Waals surface area contributed by atoms with Gasteiger partial charge in [0, 0.05) is 31.7 Å². The van der Waals surface area contributed by atoms with Gasteiger partial charge in [0.25, 0.3) is 0 Å². The molecule has 0 atom stereocenters. The number of rotatable bonds is 4. The number of urea groups is 1. The normalized spacial score (nSPS) is 15.4. The number of hydrogen-bond donors (Lipinski definition) is 1. The maximum atomic E-state index is 13.3. The van der Waals surface area contributed by atoms with Crippen LogP contribution in [0.15, 0.2) is 36.7 Å². The molecule has 1 aliphatic heterocycles. The lowest BCUT2D eigenvalue weighted by Gasteiger charge is -2.35. The smallest absolute Gasteiger partial charge is 0.323 e. The number of anilines is 1. The predicted octanol–water partition coefficient (Wildman–Crippen LogP) is 2.81. The van der Waals surface area contributed by atoms with E-state index in [0.717, 1.165) is 0 Å². The zero-order chi connectivity index (χ0) is 20.3. The highest BCUT2D eigenvalue weighted by molar-refractivity contribution is 7.88. The molecule has 0 spiro atoms. The molecular formula is C19H26FN5O3S. The van der Waals surface area contributed by atoms with Crippen LogP contribution >= 0.6 is 0 Å². The van der Waals surface area contributed by atoms with Crippen LogP contribution in [0, 0.1) is 5.82 Å². The van der Waals surface area contributed by atoms with Crippen molar-refractivity contribution in [3.05, 3.63) is 42.5 Å². The van der Waals surface area contributed by atoms with Crippen molar-refractivity contribution >= 4 is 21.9 Å². The number of nitrogens with one attached hydrogen (secondary N) is 1. The fourth-order valence-electron chi connectivity index (χ4n) is 3.11. The number of carbonyl (C=O) groups excluding carboxylic acids is 1. The van der Waals surface area contributed by atoms with Gasteiger partial charge in [-0.25, -0.2) is 26.9 Å². The molecule has 1 N–H and O–H groups in total. The van der Waals surface area contributed by atoms with Gasteiger partial charge >= 0.3 is 6.03 Å². The maximum absolute atomic E-state index is 13.3. The highest BCUT2D eigenvalue weighted by atomic mass is 32.2. The summed E-state index contributed by atoms with van der Waals surface area (Å²) >= 11 is 0. The lowest BCUT2D eigenvalue weighted by molar-refractivity contribution is 0.174. The molecule has 0 unspecified atom stereocenters. The summed E-state index contributed by atoms with van der Waals surface area (Å²) in [5.74, 6) is -0.0780. The number of carbonyl (C=O) groups is 1. The number of hydrogen-bond acceptors (Lipinski definition) is 5. The summed E-state index contributed by atoms with van der Waals surface area (Å²) in [7, 11) is -1.53. The lowest BCUT2D eigenvalue weighted by Crippen LogP contribution is -2.48. The van der Waals surface area contributed by atoms with Crippen LogP contribution in [0.5, 0.6) is 0 Å². The molecule has 29 heavy (non-hydrogen) atoms. The molecule has 10 heteroatoms. The van der Waals surface area contributed by atoms with Crippen molar-refractivity contribution in [1.82, 2.24) is 19.2 Å².